The lowest BCUT2D eigenvalue weighted by molar-refractivity contribution is 0.0949. The molecule has 0 saturated heterocycles. The van der Waals surface area contributed by atoms with Gasteiger partial charge >= 0.3 is 0 Å². The molecule has 0 aliphatic heterocycles. The maximum Gasteiger partial charge on any atom is 0.252 e. The molecule has 0 spiro atoms. The maximum atomic E-state index is 12.2. The first-order valence-electron chi connectivity index (χ1n) is 6.17. The molecule has 0 aliphatic carbocycles. The normalized spacial score (nSPS) is 10.8. The number of carbonyl (C=O) groups is 1. The van der Waals surface area contributed by atoms with Crippen LogP contribution in [0, 0.1) is 0 Å². The van der Waals surface area contributed by atoms with Crippen LogP contribution in [0.5, 0.6) is 0 Å². The third kappa shape index (κ3) is 2.98. The summed E-state index contributed by atoms with van der Waals surface area (Å²) >= 11 is 6.74. The van der Waals surface area contributed by atoms with Crippen LogP contribution in [-0.4, -0.2) is 20.5 Å². The van der Waals surface area contributed by atoms with Crippen LogP contribution in [-0.2, 0) is 6.54 Å². The van der Waals surface area contributed by atoms with Crippen LogP contribution in [0.2, 0.25) is 0 Å². The van der Waals surface area contributed by atoms with E-state index in [0.717, 1.165) is 14.6 Å². The summed E-state index contributed by atoms with van der Waals surface area (Å²) in [6, 6.07) is 11.1. The molecular formula is C14H10Br2N4O. The van der Waals surface area contributed by atoms with Crippen molar-refractivity contribution in [3.63, 3.8) is 0 Å². The molecule has 21 heavy (non-hydrogen) atoms. The highest BCUT2D eigenvalue weighted by atomic mass is 79.9. The van der Waals surface area contributed by atoms with E-state index < -0.39 is 0 Å². The summed E-state index contributed by atoms with van der Waals surface area (Å²) in [5.74, 6) is 0.522. The van der Waals surface area contributed by atoms with Crippen molar-refractivity contribution < 1.29 is 4.79 Å². The van der Waals surface area contributed by atoms with E-state index in [2.05, 4.69) is 47.4 Å². The molecule has 0 fully saturated rings. The molecule has 5 nitrogen and oxygen atoms in total. The van der Waals surface area contributed by atoms with Gasteiger partial charge in [-0.15, -0.1) is 10.2 Å². The molecule has 0 aliphatic rings. The lowest BCUT2D eigenvalue weighted by Crippen LogP contribution is -2.24. The minimum absolute atomic E-state index is 0.165. The Morgan fingerprint density at radius 2 is 2.05 bits per heavy atom. The summed E-state index contributed by atoms with van der Waals surface area (Å²) in [6.45, 7) is 0.312. The van der Waals surface area contributed by atoms with E-state index in [0.29, 0.717) is 17.9 Å². The molecule has 2 aromatic heterocycles. The van der Waals surface area contributed by atoms with Gasteiger partial charge in [-0.25, -0.2) is 0 Å². The third-order valence-corrected chi connectivity index (χ3v) is 4.12. The van der Waals surface area contributed by atoms with Crippen LogP contribution in [0.4, 0.5) is 0 Å². The van der Waals surface area contributed by atoms with Crippen molar-refractivity contribution >= 4 is 43.4 Å². The molecule has 0 unspecified atom stereocenters. The van der Waals surface area contributed by atoms with Crippen molar-refractivity contribution in [3.05, 3.63) is 62.9 Å². The molecule has 0 radical (unpaired) electrons. The van der Waals surface area contributed by atoms with E-state index in [-0.39, 0.29) is 5.91 Å². The number of hydrogen-bond acceptors (Lipinski definition) is 3. The van der Waals surface area contributed by atoms with Gasteiger partial charge in [-0.05, 0) is 46.3 Å². The van der Waals surface area contributed by atoms with Crippen molar-refractivity contribution in [3.8, 4) is 0 Å². The van der Waals surface area contributed by atoms with Gasteiger partial charge in [-0.3, -0.25) is 9.20 Å². The fourth-order valence-electron chi connectivity index (χ4n) is 1.94. The molecule has 2 heterocycles. The second-order valence-electron chi connectivity index (χ2n) is 4.35. The van der Waals surface area contributed by atoms with Crippen molar-refractivity contribution in [2.45, 2.75) is 6.54 Å². The van der Waals surface area contributed by atoms with Crippen molar-refractivity contribution in [2.75, 3.05) is 0 Å². The Morgan fingerprint density at radius 1 is 1.19 bits per heavy atom. The van der Waals surface area contributed by atoms with Crippen LogP contribution in [0.15, 0.2) is 51.5 Å². The minimum atomic E-state index is -0.165. The van der Waals surface area contributed by atoms with Gasteiger partial charge in [0, 0.05) is 15.1 Å². The minimum Gasteiger partial charge on any atom is -0.345 e. The number of nitrogens with one attached hydrogen (secondary N) is 1. The fraction of sp³-hybridized carbons (Fsp3) is 0.0714. The Bertz CT molecular complexity index is 816. The lowest BCUT2D eigenvalue weighted by atomic mass is 10.2. The highest BCUT2D eigenvalue weighted by Crippen LogP contribution is 2.21. The maximum absolute atomic E-state index is 12.2. The van der Waals surface area contributed by atoms with Gasteiger partial charge in [-0.2, -0.15) is 0 Å². The zero-order valence-corrected chi connectivity index (χ0v) is 13.9. The van der Waals surface area contributed by atoms with Gasteiger partial charge < -0.3 is 5.32 Å². The number of carbonyl (C=O) groups excluding carboxylic acids is 1. The molecule has 3 rings (SSSR count). The highest BCUT2D eigenvalue weighted by molar-refractivity contribution is 9.11. The Morgan fingerprint density at radius 3 is 2.86 bits per heavy atom. The molecule has 0 saturated carbocycles. The molecule has 1 amide bonds. The molecule has 0 atom stereocenters. The van der Waals surface area contributed by atoms with E-state index >= 15 is 0 Å². The predicted molar refractivity (Wildman–Crippen MR) is 86.0 cm³/mol. The number of rotatable bonds is 3. The largest absolute Gasteiger partial charge is 0.345 e. The number of fused-ring (bicyclic) bond motifs is 1. The summed E-state index contributed by atoms with van der Waals surface area (Å²) in [4.78, 5) is 12.2. The molecule has 7 heteroatoms. The van der Waals surface area contributed by atoms with Gasteiger partial charge in [-0.1, -0.05) is 22.0 Å². The van der Waals surface area contributed by atoms with Gasteiger partial charge in [0.15, 0.2) is 11.5 Å². The monoisotopic (exact) mass is 408 g/mol. The van der Waals surface area contributed by atoms with E-state index in [4.69, 9.17) is 0 Å². The average molecular weight is 410 g/mol. The van der Waals surface area contributed by atoms with Crippen LogP contribution in [0.3, 0.4) is 0 Å². The smallest absolute Gasteiger partial charge is 0.252 e. The third-order valence-electron chi connectivity index (χ3n) is 2.97. The van der Waals surface area contributed by atoms with E-state index in [1.165, 1.54) is 0 Å². The molecule has 3 aromatic rings. The van der Waals surface area contributed by atoms with E-state index in [1.807, 2.05) is 40.9 Å². The number of aromatic nitrogens is 3. The SMILES string of the molecule is O=C(NCc1nnc2ccccn12)c1ccc(Br)cc1Br. The zero-order valence-electron chi connectivity index (χ0n) is 10.8. The number of amides is 1. The number of benzene rings is 1. The fourth-order valence-corrected chi connectivity index (χ4v) is 3.17. The quantitative estimate of drug-likeness (QED) is 0.722. The van der Waals surface area contributed by atoms with Crippen LogP contribution >= 0.6 is 31.9 Å². The summed E-state index contributed by atoms with van der Waals surface area (Å²) in [7, 11) is 0. The second kappa shape index (κ2) is 5.95. The summed E-state index contributed by atoms with van der Waals surface area (Å²) < 4.78 is 3.49. The molecular weight excluding hydrogens is 400 g/mol. The Hall–Kier alpha value is -1.73. The first-order valence-corrected chi connectivity index (χ1v) is 7.75. The Balaban J connectivity index is 1.77. The predicted octanol–water partition coefficient (Wildman–Crippen LogP) is 3.18. The van der Waals surface area contributed by atoms with Crippen molar-refractivity contribution in [2.24, 2.45) is 0 Å². The molecule has 106 valence electrons. The summed E-state index contributed by atoms with van der Waals surface area (Å²) in [5.41, 5.74) is 1.33. The number of hydrogen-bond donors (Lipinski definition) is 1. The van der Waals surface area contributed by atoms with Gasteiger partial charge in [0.1, 0.15) is 0 Å². The Kier molecular flexibility index (Phi) is 4.03. The van der Waals surface area contributed by atoms with E-state index in [9.17, 15) is 4.79 Å². The van der Waals surface area contributed by atoms with Crippen LogP contribution in [0.1, 0.15) is 16.2 Å². The standard InChI is InChI=1S/C14H10Br2N4O/c15-9-4-5-10(11(16)7-9)14(21)17-8-13-19-18-12-3-1-2-6-20(12)13/h1-7H,8H2,(H,17,21). The number of halogens is 2. The van der Waals surface area contributed by atoms with Gasteiger partial charge in [0.2, 0.25) is 0 Å². The summed E-state index contributed by atoms with van der Waals surface area (Å²) in [6.07, 6.45) is 1.87. The molecule has 1 N–H and O–H groups in total. The molecule has 0 bridgehead atoms. The second-order valence-corrected chi connectivity index (χ2v) is 6.12. The average Bonchev–Trinajstić information content (AvgIpc) is 2.88. The van der Waals surface area contributed by atoms with Gasteiger partial charge in [0.25, 0.3) is 5.91 Å². The van der Waals surface area contributed by atoms with Crippen molar-refractivity contribution in [1.29, 1.82) is 0 Å². The van der Waals surface area contributed by atoms with Gasteiger partial charge in [0.05, 0.1) is 12.1 Å². The van der Waals surface area contributed by atoms with Crippen LogP contribution < -0.4 is 5.32 Å². The zero-order chi connectivity index (χ0) is 14.8. The van der Waals surface area contributed by atoms with Crippen LogP contribution in [0.25, 0.3) is 5.65 Å². The van der Waals surface area contributed by atoms with E-state index in [1.54, 1.807) is 6.07 Å². The number of pyridine rings is 1. The Labute approximate surface area is 137 Å². The first kappa shape index (κ1) is 14.2. The molecule has 1 aromatic carbocycles. The van der Waals surface area contributed by atoms with Crippen molar-refractivity contribution in [1.82, 2.24) is 19.9 Å². The highest BCUT2D eigenvalue weighted by Gasteiger charge is 2.11. The first-order chi connectivity index (χ1) is 10.1. The summed E-state index contributed by atoms with van der Waals surface area (Å²) in [5, 5.41) is 11.0. The number of nitrogens with zero attached hydrogens (tertiary/aromatic N) is 3. The topological polar surface area (TPSA) is 59.3 Å². The lowest BCUT2D eigenvalue weighted by Gasteiger charge is -2.06.